The zero-order valence-electron chi connectivity index (χ0n) is 25.0. The van der Waals surface area contributed by atoms with Gasteiger partial charge in [0.25, 0.3) is 5.91 Å². The van der Waals surface area contributed by atoms with Crippen LogP contribution in [0, 0.1) is 12.7 Å². The van der Waals surface area contributed by atoms with Gasteiger partial charge in [0.15, 0.2) is 0 Å². The van der Waals surface area contributed by atoms with Gasteiger partial charge in [-0.1, -0.05) is 17.7 Å². The highest BCUT2D eigenvalue weighted by atomic mass is 35.5. The van der Waals surface area contributed by atoms with Gasteiger partial charge >= 0.3 is 0 Å². The predicted molar refractivity (Wildman–Crippen MR) is 102 cm³/mol. The van der Waals surface area contributed by atoms with Crippen molar-refractivity contribution < 1.29 is 28.7 Å². The first kappa shape index (κ1) is 9.97. The fraction of sp³-hybridized carbons (Fsp3) is 0.429. The molecule has 1 amide bonds. The summed E-state index contributed by atoms with van der Waals surface area (Å²) in [6.07, 6.45) is -13.5. The van der Waals surface area contributed by atoms with Crippen LogP contribution >= 0.6 is 11.6 Å². The molecule has 0 atom stereocenters. The van der Waals surface area contributed by atoms with E-state index in [0.717, 1.165) is 36.5 Å². The third-order valence-corrected chi connectivity index (χ3v) is 4.14. The molecule has 1 saturated heterocycles. The molecular weight excluding hydrogens is 370 g/mol. The van der Waals surface area contributed by atoms with E-state index in [9.17, 15) is 9.18 Å². The molecule has 1 aromatic carbocycles. The average molecular weight is 404 g/mol. The molecule has 1 aliphatic heterocycles. The molecule has 1 aromatic heterocycles. The SMILES string of the molecule is [2H]C([2H])([2H])c1ccc(C([2H])([2H])CC([2H])([2H])C2(F)C([2H])([2H])CN(C(=O)c3ccc(F)c(Cl)c3)CC2([2H])[2H])nc1. The summed E-state index contributed by atoms with van der Waals surface area (Å²) in [6, 6.07) is 4.89. The van der Waals surface area contributed by atoms with Crippen molar-refractivity contribution in [3.05, 3.63) is 64.2 Å². The molecular formula is C21H23ClF2N2O. The van der Waals surface area contributed by atoms with Crippen LogP contribution < -0.4 is 0 Å². The van der Waals surface area contributed by atoms with E-state index in [1.807, 2.05) is 0 Å². The van der Waals surface area contributed by atoms with Crippen molar-refractivity contribution in [2.24, 2.45) is 0 Å². The van der Waals surface area contributed by atoms with E-state index in [4.69, 9.17) is 26.7 Å². The number of carbonyl (C=O) groups is 1. The Morgan fingerprint density at radius 1 is 1.41 bits per heavy atom. The number of piperidine rings is 1. The van der Waals surface area contributed by atoms with Crippen LogP contribution in [0.3, 0.4) is 0 Å². The number of hydrogen-bond donors (Lipinski definition) is 0. The van der Waals surface area contributed by atoms with Crippen LogP contribution in [0.5, 0.6) is 0 Å². The van der Waals surface area contributed by atoms with Crippen LogP contribution in [0.25, 0.3) is 0 Å². The Morgan fingerprint density at radius 2 is 2.19 bits per heavy atom. The summed E-state index contributed by atoms with van der Waals surface area (Å²) in [5, 5.41) is -0.419. The number of hydrogen-bond acceptors (Lipinski definition) is 2. The normalized spacial score (nSPS) is 27.7. The average Bonchev–Trinajstić information content (AvgIpc) is 2.76. The molecule has 0 aliphatic carbocycles. The van der Waals surface area contributed by atoms with Gasteiger partial charge in [-0.15, -0.1) is 0 Å². The second-order valence-electron chi connectivity index (χ2n) is 5.76. The van der Waals surface area contributed by atoms with Crippen molar-refractivity contribution in [2.75, 3.05) is 13.1 Å². The third kappa shape index (κ3) is 5.04. The van der Waals surface area contributed by atoms with Gasteiger partial charge in [-0.05, 0) is 68.6 Å². The molecule has 1 aliphatic rings. The maximum Gasteiger partial charge on any atom is 0.253 e. The summed E-state index contributed by atoms with van der Waals surface area (Å²) in [5.41, 5.74) is -4.84. The number of pyridine rings is 1. The number of nitrogens with zero attached hydrogens (tertiary/aromatic N) is 2. The molecule has 0 radical (unpaired) electrons. The number of aromatic nitrogens is 1. The zero-order chi connectivity index (χ0) is 29.1. The largest absolute Gasteiger partial charge is 0.338 e. The van der Waals surface area contributed by atoms with E-state index >= 15 is 4.39 Å². The van der Waals surface area contributed by atoms with Crippen molar-refractivity contribution in [3.8, 4) is 0 Å². The quantitative estimate of drug-likeness (QED) is 0.691. The van der Waals surface area contributed by atoms with Crippen molar-refractivity contribution >= 4 is 17.5 Å². The second-order valence-corrected chi connectivity index (χ2v) is 6.17. The van der Waals surface area contributed by atoms with Gasteiger partial charge in [-0.3, -0.25) is 9.78 Å². The van der Waals surface area contributed by atoms with Crippen LogP contribution in [0.1, 0.15) is 62.2 Å². The first-order valence-corrected chi connectivity index (χ1v) is 8.34. The smallest absolute Gasteiger partial charge is 0.253 e. The summed E-state index contributed by atoms with van der Waals surface area (Å²) in [5.74, 6) is -1.82. The number of benzene rings is 1. The maximum absolute atomic E-state index is 16.5. The first-order valence-electron chi connectivity index (χ1n) is 13.5. The zero-order valence-corrected chi connectivity index (χ0v) is 14.8. The van der Waals surface area contributed by atoms with E-state index in [1.54, 1.807) is 0 Å². The Hall–Kier alpha value is -2.01. The Morgan fingerprint density at radius 3 is 2.81 bits per heavy atom. The number of carbonyl (C=O) groups excluding carboxylic acids is 1. The molecule has 0 saturated carbocycles. The molecule has 6 heteroatoms. The van der Waals surface area contributed by atoms with E-state index in [2.05, 4.69) is 4.98 Å². The van der Waals surface area contributed by atoms with Crippen molar-refractivity contribution in [2.45, 2.75) is 44.4 Å². The van der Waals surface area contributed by atoms with Crippen LogP contribution in [0.15, 0.2) is 36.5 Å². The van der Waals surface area contributed by atoms with E-state index in [0.29, 0.717) is 4.90 Å². The van der Waals surface area contributed by atoms with Crippen molar-refractivity contribution in [1.82, 2.24) is 9.88 Å². The molecule has 27 heavy (non-hydrogen) atoms. The third-order valence-electron chi connectivity index (χ3n) is 3.85. The Balaban J connectivity index is 1.93. The minimum atomic E-state index is -3.95. The first-order chi connectivity index (χ1) is 17.1. The lowest BCUT2D eigenvalue weighted by molar-refractivity contribution is 0.0389. The van der Waals surface area contributed by atoms with Gasteiger partial charge in [-0.2, -0.15) is 0 Å². The minimum absolute atomic E-state index is 0.214. The van der Waals surface area contributed by atoms with E-state index in [-0.39, 0.29) is 11.1 Å². The predicted octanol–water partition coefficient (Wildman–Crippen LogP) is 5.15. The highest BCUT2D eigenvalue weighted by molar-refractivity contribution is 6.31. The van der Waals surface area contributed by atoms with E-state index < -0.39 is 80.0 Å². The van der Waals surface area contributed by atoms with Gasteiger partial charge in [0.1, 0.15) is 11.5 Å². The molecule has 3 rings (SSSR count). The number of amides is 1. The van der Waals surface area contributed by atoms with Crippen LogP contribution in [0.4, 0.5) is 8.78 Å². The Labute approximate surface area is 178 Å². The summed E-state index contributed by atoms with van der Waals surface area (Å²) in [4.78, 5) is 17.2. The molecule has 0 N–H and O–H groups in total. The monoisotopic (exact) mass is 403 g/mol. The highest BCUT2D eigenvalue weighted by Crippen LogP contribution is 2.32. The van der Waals surface area contributed by atoms with Gasteiger partial charge in [-0.25, -0.2) is 8.78 Å². The number of alkyl halides is 1. The molecule has 3 nitrogen and oxygen atoms in total. The fourth-order valence-corrected chi connectivity index (χ4v) is 2.54. The number of halogens is 3. The summed E-state index contributed by atoms with van der Waals surface area (Å²) in [7, 11) is 0. The fourth-order valence-electron chi connectivity index (χ4n) is 2.36. The number of aryl methyl sites for hydroxylation is 2. The van der Waals surface area contributed by atoms with Gasteiger partial charge in [0.05, 0.1) is 5.02 Å². The molecule has 0 unspecified atom stereocenters. The van der Waals surface area contributed by atoms with E-state index in [1.165, 1.54) is 0 Å². The maximum atomic E-state index is 16.5. The van der Waals surface area contributed by atoms with Crippen LogP contribution in [0.2, 0.25) is 5.02 Å². The summed E-state index contributed by atoms with van der Waals surface area (Å²) in [6.45, 7) is -4.72. The van der Waals surface area contributed by atoms with Crippen LogP contribution in [-0.2, 0) is 6.37 Å². The summed E-state index contributed by atoms with van der Waals surface area (Å²) < 4.78 is 119. The topological polar surface area (TPSA) is 33.2 Å². The Bertz CT molecular complexity index is 1200. The highest BCUT2D eigenvalue weighted by Gasteiger charge is 2.35. The van der Waals surface area contributed by atoms with Gasteiger partial charge in [0, 0.05) is 45.6 Å². The number of likely N-dealkylation sites (tertiary alicyclic amines) is 1. The molecule has 1 fully saturated rings. The summed E-state index contributed by atoms with van der Waals surface area (Å²) >= 11 is 5.68. The lowest BCUT2D eigenvalue weighted by atomic mass is 9.87. The Kier molecular flexibility index (Phi) is 3.08. The van der Waals surface area contributed by atoms with Gasteiger partial charge < -0.3 is 4.90 Å². The minimum Gasteiger partial charge on any atom is -0.338 e. The second kappa shape index (κ2) is 8.34. The lowest BCUT2D eigenvalue weighted by Crippen LogP contribution is -2.44. The molecule has 2 aromatic rings. The lowest BCUT2D eigenvalue weighted by Gasteiger charge is -2.36. The standard InChI is InChI=1S/C21H23ClF2N2O/c1-15-4-6-17(25-14-15)3-2-8-21(24)9-11-26(12-10-21)20(27)16-5-7-19(23)18(22)13-16/h4-7,13-14H,2-3,8-12H2,1H3/i1D3,3D2,8D2,9D2,10D2. The van der Waals surface area contributed by atoms with Crippen molar-refractivity contribution in [3.63, 3.8) is 0 Å². The van der Waals surface area contributed by atoms with Crippen molar-refractivity contribution in [1.29, 1.82) is 0 Å². The molecule has 0 spiro atoms. The molecule has 0 bridgehead atoms. The molecule has 2 heterocycles. The molecule has 144 valence electrons. The number of rotatable bonds is 5. The van der Waals surface area contributed by atoms with Crippen LogP contribution in [-0.4, -0.2) is 34.5 Å². The van der Waals surface area contributed by atoms with Gasteiger partial charge in [0.2, 0.25) is 0 Å².